The van der Waals surface area contributed by atoms with E-state index in [0.717, 1.165) is 25.9 Å². The van der Waals surface area contributed by atoms with Crippen molar-refractivity contribution in [3.8, 4) is 0 Å². The van der Waals surface area contributed by atoms with Crippen molar-refractivity contribution < 1.29 is 4.79 Å². The van der Waals surface area contributed by atoms with E-state index in [1.54, 1.807) is 0 Å². The molecular formula is C14H24N2OS. The van der Waals surface area contributed by atoms with Gasteiger partial charge in [0.25, 0.3) is 0 Å². The Kier molecular flexibility index (Phi) is 3.95. The average Bonchev–Trinajstić information content (AvgIpc) is 2.22. The summed E-state index contributed by atoms with van der Waals surface area (Å²) in [6, 6.07) is 0. The number of carbonyl (C=O) groups is 1. The highest BCUT2D eigenvalue weighted by molar-refractivity contribution is 7.80. The molecule has 2 fully saturated rings. The van der Waals surface area contributed by atoms with Crippen LogP contribution in [-0.4, -0.2) is 28.9 Å². The van der Waals surface area contributed by atoms with Crippen molar-refractivity contribution in [2.24, 2.45) is 23.0 Å². The molecule has 3 nitrogen and oxygen atoms in total. The van der Waals surface area contributed by atoms with Gasteiger partial charge in [0.1, 0.15) is 0 Å². The monoisotopic (exact) mass is 268 g/mol. The van der Waals surface area contributed by atoms with Crippen LogP contribution in [0, 0.1) is 17.3 Å². The van der Waals surface area contributed by atoms with Gasteiger partial charge in [0.2, 0.25) is 5.91 Å². The van der Waals surface area contributed by atoms with Crippen LogP contribution in [0.4, 0.5) is 0 Å². The molecule has 0 aromatic rings. The summed E-state index contributed by atoms with van der Waals surface area (Å²) in [5.74, 6) is 1.45. The van der Waals surface area contributed by atoms with Crippen molar-refractivity contribution in [2.75, 3.05) is 13.1 Å². The van der Waals surface area contributed by atoms with Gasteiger partial charge in [-0.15, -0.1) is 0 Å². The molecule has 0 heterocycles. The molecule has 18 heavy (non-hydrogen) atoms. The number of rotatable bonds is 5. The molecule has 0 bridgehead atoms. The van der Waals surface area contributed by atoms with Crippen molar-refractivity contribution in [1.29, 1.82) is 0 Å². The maximum absolute atomic E-state index is 12.7. The van der Waals surface area contributed by atoms with Gasteiger partial charge in [0.15, 0.2) is 0 Å². The molecular weight excluding hydrogens is 244 g/mol. The molecule has 0 radical (unpaired) electrons. The third kappa shape index (κ3) is 2.27. The zero-order valence-corrected chi connectivity index (χ0v) is 12.3. The maximum Gasteiger partial charge on any atom is 0.235 e. The third-order valence-electron chi connectivity index (χ3n) is 4.65. The van der Waals surface area contributed by atoms with E-state index in [4.69, 9.17) is 18.0 Å². The lowest BCUT2D eigenvalue weighted by atomic mass is 9.61. The zero-order valence-electron chi connectivity index (χ0n) is 11.4. The summed E-state index contributed by atoms with van der Waals surface area (Å²) in [6.07, 6.45) is 5.51. The first-order chi connectivity index (χ1) is 8.49. The van der Waals surface area contributed by atoms with Crippen LogP contribution < -0.4 is 5.73 Å². The molecule has 2 N–H and O–H groups in total. The highest BCUT2D eigenvalue weighted by Crippen LogP contribution is 2.47. The fraction of sp³-hybridized carbons (Fsp3) is 0.857. The van der Waals surface area contributed by atoms with Gasteiger partial charge in [-0.1, -0.05) is 25.6 Å². The Morgan fingerprint density at radius 3 is 2.39 bits per heavy atom. The lowest BCUT2D eigenvalue weighted by Gasteiger charge is -2.47. The standard InChI is InChI=1S/C14H24N2OS/c1-3-16(9-11-5-4-6-11)13(17)14(12(15)18)7-10(2)8-14/h10-11H,3-9H2,1-2H3,(H2,15,18). The molecule has 0 aromatic carbocycles. The van der Waals surface area contributed by atoms with Crippen LogP contribution >= 0.6 is 12.2 Å². The Hall–Kier alpha value is -0.640. The predicted molar refractivity (Wildman–Crippen MR) is 77.2 cm³/mol. The van der Waals surface area contributed by atoms with Crippen LogP contribution in [0.15, 0.2) is 0 Å². The molecule has 0 spiro atoms. The second kappa shape index (κ2) is 5.16. The van der Waals surface area contributed by atoms with Crippen LogP contribution in [0.1, 0.15) is 46.0 Å². The molecule has 0 saturated heterocycles. The van der Waals surface area contributed by atoms with Crippen LogP contribution in [0.2, 0.25) is 0 Å². The quantitative estimate of drug-likeness (QED) is 0.779. The number of amides is 1. The van der Waals surface area contributed by atoms with E-state index in [0.29, 0.717) is 16.8 Å². The first-order valence-electron chi connectivity index (χ1n) is 7.09. The molecule has 2 rings (SSSR count). The molecule has 102 valence electrons. The van der Waals surface area contributed by atoms with Crippen molar-refractivity contribution in [1.82, 2.24) is 4.90 Å². The second-order valence-corrected chi connectivity index (χ2v) is 6.54. The van der Waals surface area contributed by atoms with Gasteiger partial charge < -0.3 is 10.6 Å². The average molecular weight is 268 g/mol. The Morgan fingerprint density at radius 1 is 1.44 bits per heavy atom. The summed E-state index contributed by atoms with van der Waals surface area (Å²) in [5.41, 5.74) is 5.33. The van der Waals surface area contributed by atoms with E-state index in [9.17, 15) is 4.79 Å². The molecule has 2 saturated carbocycles. The topological polar surface area (TPSA) is 46.3 Å². The van der Waals surface area contributed by atoms with E-state index in [2.05, 4.69) is 6.92 Å². The lowest BCUT2D eigenvalue weighted by Crippen LogP contribution is -2.57. The molecule has 0 atom stereocenters. The summed E-state index contributed by atoms with van der Waals surface area (Å²) in [4.78, 5) is 15.1. The van der Waals surface area contributed by atoms with Crippen LogP contribution in [0.25, 0.3) is 0 Å². The highest BCUT2D eigenvalue weighted by atomic mass is 32.1. The minimum atomic E-state index is -0.519. The molecule has 2 aliphatic rings. The van der Waals surface area contributed by atoms with Crippen LogP contribution in [0.5, 0.6) is 0 Å². The molecule has 4 heteroatoms. The lowest BCUT2D eigenvalue weighted by molar-refractivity contribution is -0.145. The van der Waals surface area contributed by atoms with Crippen molar-refractivity contribution >= 4 is 23.1 Å². The number of carbonyl (C=O) groups excluding carboxylic acids is 1. The first-order valence-corrected chi connectivity index (χ1v) is 7.49. The summed E-state index contributed by atoms with van der Waals surface area (Å²) in [5, 5.41) is 0. The van der Waals surface area contributed by atoms with Crippen molar-refractivity contribution in [2.45, 2.75) is 46.0 Å². The Balaban J connectivity index is 2.04. The number of hydrogen-bond acceptors (Lipinski definition) is 2. The van der Waals surface area contributed by atoms with E-state index in [-0.39, 0.29) is 5.91 Å². The van der Waals surface area contributed by atoms with Gasteiger partial charge in [-0.05, 0) is 44.4 Å². The van der Waals surface area contributed by atoms with Gasteiger partial charge in [0, 0.05) is 13.1 Å². The highest BCUT2D eigenvalue weighted by Gasteiger charge is 2.52. The number of thiocarbonyl (C=S) groups is 1. The molecule has 0 unspecified atom stereocenters. The van der Waals surface area contributed by atoms with Gasteiger partial charge >= 0.3 is 0 Å². The van der Waals surface area contributed by atoms with Crippen LogP contribution in [0.3, 0.4) is 0 Å². The SMILES string of the molecule is CCN(CC1CCC1)C(=O)C1(C(N)=S)CC(C)C1. The second-order valence-electron chi connectivity index (χ2n) is 6.10. The fourth-order valence-electron chi connectivity index (χ4n) is 3.26. The summed E-state index contributed by atoms with van der Waals surface area (Å²) < 4.78 is 0. The number of nitrogens with zero attached hydrogens (tertiary/aromatic N) is 1. The largest absolute Gasteiger partial charge is 0.392 e. The van der Waals surface area contributed by atoms with E-state index >= 15 is 0 Å². The van der Waals surface area contributed by atoms with Crippen LogP contribution in [-0.2, 0) is 4.79 Å². The summed E-state index contributed by atoms with van der Waals surface area (Å²) in [6.45, 7) is 5.88. The predicted octanol–water partition coefficient (Wildman–Crippen LogP) is 2.34. The minimum Gasteiger partial charge on any atom is -0.392 e. The Morgan fingerprint density at radius 2 is 2.06 bits per heavy atom. The van der Waals surface area contributed by atoms with Crippen molar-refractivity contribution in [3.63, 3.8) is 0 Å². The normalized spacial score (nSPS) is 31.3. The van der Waals surface area contributed by atoms with Gasteiger partial charge in [0.05, 0.1) is 10.4 Å². The molecule has 1 amide bonds. The summed E-state index contributed by atoms with van der Waals surface area (Å²) in [7, 11) is 0. The fourth-order valence-corrected chi connectivity index (χ4v) is 3.51. The van der Waals surface area contributed by atoms with Gasteiger partial charge in [-0.3, -0.25) is 4.79 Å². The number of nitrogens with two attached hydrogens (primary N) is 1. The third-order valence-corrected chi connectivity index (χ3v) is 5.04. The Labute approximate surface area is 115 Å². The summed E-state index contributed by atoms with van der Waals surface area (Å²) >= 11 is 5.16. The minimum absolute atomic E-state index is 0.183. The zero-order chi connectivity index (χ0) is 13.3. The molecule has 0 aliphatic heterocycles. The molecule has 2 aliphatic carbocycles. The maximum atomic E-state index is 12.7. The van der Waals surface area contributed by atoms with Gasteiger partial charge in [-0.25, -0.2) is 0 Å². The van der Waals surface area contributed by atoms with Gasteiger partial charge in [-0.2, -0.15) is 0 Å². The Bertz CT molecular complexity index is 346. The first kappa shape index (κ1) is 13.8. The van der Waals surface area contributed by atoms with E-state index in [1.165, 1.54) is 19.3 Å². The van der Waals surface area contributed by atoms with Crippen molar-refractivity contribution in [3.05, 3.63) is 0 Å². The van der Waals surface area contributed by atoms with E-state index < -0.39 is 5.41 Å². The number of hydrogen-bond donors (Lipinski definition) is 1. The smallest absolute Gasteiger partial charge is 0.235 e. The van der Waals surface area contributed by atoms with E-state index in [1.807, 2.05) is 11.8 Å². The molecule has 0 aromatic heterocycles.